The van der Waals surface area contributed by atoms with Gasteiger partial charge in [0, 0.05) is 6.54 Å². The molecule has 18 heavy (non-hydrogen) atoms. The van der Waals surface area contributed by atoms with Gasteiger partial charge < -0.3 is 21.5 Å². The molecule has 0 saturated carbocycles. The zero-order chi connectivity index (χ0) is 13.5. The molecule has 0 aromatic carbocycles. The number of carboxylic acids is 1. The van der Waals surface area contributed by atoms with Crippen LogP contribution in [0.1, 0.15) is 32.6 Å². The molecule has 1 heterocycles. The van der Waals surface area contributed by atoms with E-state index in [0.29, 0.717) is 25.3 Å². The molecule has 1 rings (SSSR count). The lowest BCUT2D eigenvalue weighted by atomic mass is 10.0. The minimum atomic E-state index is -0.969. The van der Waals surface area contributed by atoms with Gasteiger partial charge in [-0.2, -0.15) is 0 Å². The van der Waals surface area contributed by atoms with E-state index in [-0.39, 0.29) is 11.9 Å². The molecule has 6 heteroatoms. The van der Waals surface area contributed by atoms with Crippen molar-refractivity contribution in [1.82, 2.24) is 10.6 Å². The number of amides is 1. The van der Waals surface area contributed by atoms with Crippen LogP contribution >= 0.6 is 0 Å². The Hall–Kier alpha value is -1.14. The number of hydrogen-bond donors (Lipinski definition) is 4. The lowest BCUT2D eigenvalue weighted by Crippen LogP contribution is -2.43. The number of aliphatic carboxylic acids is 1. The maximum atomic E-state index is 11.8. The SMILES string of the molecule is C[C@H]1CCN[C@@H]1C(=O)NCCCC[C@H](N)C(=O)O. The van der Waals surface area contributed by atoms with Gasteiger partial charge in [-0.05, 0) is 38.1 Å². The van der Waals surface area contributed by atoms with Crippen LogP contribution in [0.5, 0.6) is 0 Å². The quantitative estimate of drug-likeness (QED) is 0.468. The summed E-state index contributed by atoms with van der Waals surface area (Å²) < 4.78 is 0. The molecular weight excluding hydrogens is 234 g/mol. The zero-order valence-electron chi connectivity index (χ0n) is 10.8. The summed E-state index contributed by atoms with van der Waals surface area (Å²) >= 11 is 0. The second kappa shape index (κ2) is 7.33. The van der Waals surface area contributed by atoms with Crippen LogP contribution in [0, 0.1) is 5.92 Å². The highest BCUT2D eigenvalue weighted by atomic mass is 16.4. The van der Waals surface area contributed by atoms with Crippen LogP contribution in [-0.2, 0) is 9.59 Å². The van der Waals surface area contributed by atoms with Gasteiger partial charge in [-0.1, -0.05) is 6.92 Å². The Kier molecular flexibility index (Phi) is 6.07. The smallest absolute Gasteiger partial charge is 0.320 e. The number of rotatable bonds is 7. The molecule has 104 valence electrons. The molecule has 0 aromatic rings. The Morgan fingerprint density at radius 2 is 2.22 bits per heavy atom. The molecule has 6 nitrogen and oxygen atoms in total. The average molecular weight is 257 g/mol. The summed E-state index contributed by atoms with van der Waals surface area (Å²) in [4.78, 5) is 22.2. The standard InChI is InChI=1S/C12H23N3O3/c1-8-5-7-14-10(8)11(16)15-6-3-2-4-9(13)12(17)18/h8-10,14H,2-7,13H2,1H3,(H,15,16)(H,17,18)/t8-,9-,10-/m0/s1. The molecule has 0 aromatic heterocycles. The van der Waals surface area contributed by atoms with Crippen molar-refractivity contribution >= 4 is 11.9 Å². The van der Waals surface area contributed by atoms with Crippen LogP contribution in [0.15, 0.2) is 0 Å². The van der Waals surface area contributed by atoms with E-state index < -0.39 is 12.0 Å². The van der Waals surface area contributed by atoms with E-state index in [9.17, 15) is 9.59 Å². The van der Waals surface area contributed by atoms with E-state index in [2.05, 4.69) is 17.6 Å². The van der Waals surface area contributed by atoms with Gasteiger partial charge in [-0.15, -0.1) is 0 Å². The van der Waals surface area contributed by atoms with E-state index in [4.69, 9.17) is 10.8 Å². The Balaban J connectivity index is 2.07. The molecule has 0 spiro atoms. The molecule has 0 radical (unpaired) electrons. The normalized spacial score (nSPS) is 24.8. The predicted octanol–water partition coefficient (Wildman–Crippen LogP) is -0.317. The number of nitrogens with two attached hydrogens (primary N) is 1. The maximum Gasteiger partial charge on any atom is 0.320 e. The fraction of sp³-hybridized carbons (Fsp3) is 0.833. The van der Waals surface area contributed by atoms with Crippen LogP contribution < -0.4 is 16.4 Å². The molecule has 0 unspecified atom stereocenters. The van der Waals surface area contributed by atoms with Crippen LogP contribution in [0.2, 0.25) is 0 Å². The van der Waals surface area contributed by atoms with Gasteiger partial charge in [0.2, 0.25) is 5.91 Å². The van der Waals surface area contributed by atoms with Crippen LogP contribution in [0.25, 0.3) is 0 Å². The van der Waals surface area contributed by atoms with E-state index in [0.717, 1.165) is 19.4 Å². The van der Waals surface area contributed by atoms with Gasteiger partial charge in [0.05, 0.1) is 6.04 Å². The number of nitrogens with one attached hydrogen (secondary N) is 2. The Morgan fingerprint density at radius 1 is 1.50 bits per heavy atom. The molecule has 1 saturated heterocycles. The van der Waals surface area contributed by atoms with Crippen molar-refractivity contribution in [2.24, 2.45) is 11.7 Å². The lowest BCUT2D eigenvalue weighted by Gasteiger charge is -2.15. The first-order valence-corrected chi connectivity index (χ1v) is 6.52. The highest BCUT2D eigenvalue weighted by Gasteiger charge is 2.28. The summed E-state index contributed by atoms with van der Waals surface area (Å²) in [5.74, 6) is -0.545. The van der Waals surface area contributed by atoms with Gasteiger partial charge in [-0.25, -0.2) is 0 Å². The van der Waals surface area contributed by atoms with E-state index in [1.807, 2.05) is 0 Å². The van der Waals surface area contributed by atoms with Gasteiger partial charge in [0.15, 0.2) is 0 Å². The molecule has 3 atom stereocenters. The van der Waals surface area contributed by atoms with Crippen molar-refractivity contribution in [3.8, 4) is 0 Å². The van der Waals surface area contributed by atoms with Crippen molar-refractivity contribution < 1.29 is 14.7 Å². The molecule has 1 fully saturated rings. The fourth-order valence-electron chi connectivity index (χ4n) is 2.12. The van der Waals surface area contributed by atoms with Crippen molar-refractivity contribution in [2.75, 3.05) is 13.1 Å². The van der Waals surface area contributed by atoms with Crippen molar-refractivity contribution in [1.29, 1.82) is 0 Å². The summed E-state index contributed by atoms with van der Waals surface area (Å²) in [5.41, 5.74) is 5.38. The van der Waals surface area contributed by atoms with Crippen molar-refractivity contribution in [2.45, 2.75) is 44.7 Å². The first-order chi connectivity index (χ1) is 8.52. The fourth-order valence-corrected chi connectivity index (χ4v) is 2.12. The second-order valence-electron chi connectivity index (χ2n) is 4.93. The van der Waals surface area contributed by atoms with Crippen molar-refractivity contribution in [3.05, 3.63) is 0 Å². The number of carbonyl (C=O) groups is 2. The van der Waals surface area contributed by atoms with Gasteiger partial charge in [-0.3, -0.25) is 9.59 Å². The first-order valence-electron chi connectivity index (χ1n) is 6.52. The monoisotopic (exact) mass is 257 g/mol. The lowest BCUT2D eigenvalue weighted by molar-refractivity contribution is -0.138. The number of carboxylic acid groups (broad SMARTS) is 1. The Labute approximate surface area is 107 Å². The minimum absolute atomic E-state index is 0.0440. The Bertz CT molecular complexity index is 296. The molecule has 1 aliphatic rings. The largest absolute Gasteiger partial charge is 0.480 e. The summed E-state index contributed by atoms with van der Waals surface area (Å²) in [6, 6.07) is -0.872. The van der Waals surface area contributed by atoms with E-state index in [1.165, 1.54) is 0 Å². The van der Waals surface area contributed by atoms with Crippen LogP contribution in [-0.4, -0.2) is 42.2 Å². The number of carbonyl (C=O) groups excluding carboxylic acids is 1. The van der Waals surface area contributed by atoms with Gasteiger partial charge in [0.1, 0.15) is 6.04 Å². The Morgan fingerprint density at radius 3 is 2.78 bits per heavy atom. The third-order valence-electron chi connectivity index (χ3n) is 3.37. The summed E-state index contributed by atoms with van der Waals surface area (Å²) in [6.07, 6.45) is 2.95. The molecule has 5 N–H and O–H groups in total. The second-order valence-corrected chi connectivity index (χ2v) is 4.93. The molecule has 0 bridgehead atoms. The minimum Gasteiger partial charge on any atom is -0.480 e. The molecule has 1 aliphatic heterocycles. The third-order valence-corrected chi connectivity index (χ3v) is 3.37. The molecular formula is C12H23N3O3. The van der Waals surface area contributed by atoms with Gasteiger partial charge in [0.25, 0.3) is 0 Å². The summed E-state index contributed by atoms with van der Waals surface area (Å²) in [5, 5.41) is 14.6. The summed E-state index contributed by atoms with van der Waals surface area (Å²) in [6.45, 7) is 3.54. The summed E-state index contributed by atoms with van der Waals surface area (Å²) in [7, 11) is 0. The highest BCUT2D eigenvalue weighted by Crippen LogP contribution is 2.14. The third kappa shape index (κ3) is 4.62. The highest BCUT2D eigenvalue weighted by molar-refractivity contribution is 5.82. The van der Waals surface area contributed by atoms with Crippen LogP contribution in [0.4, 0.5) is 0 Å². The molecule has 1 amide bonds. The average Bonchev–Trinajstić information content (AvgIpc) is 2.74. The van der Waals surface area contributed by atoms with E-state index >= 15 is 0 Å². The topological polar surface area (TPSA) is 104 Å². The zero-order valence-corrected chi connectivity index (χ0v) is 10.8. The number of unbranched alkanes of at least 4 members (excludes halogenated alkanes) is 1. The first kappa shape index (κ1) is 14.9. The predicted molar refractivity (Wildman–Crippen MR) is 68.0 cm³/mol. The maximum absolute atomic E-state index is 11.8. The number of hydrogen-bond acceptors (Lipinski definition) is 4. The molecule has 0 aliphatic carbocycles. The van der Waals surface area contributed by atoms with Crippen molar-refractivity contribution in [3.63, 3.8) is 0 Å². The van der Waals surface area contributed by atoms with E-state index in [1.54, 1.807) is 0 Å². The van der Waals surface area contributed by atoms with Crippen LogP contribution in [0.3, 0.4) is 0 Å². The van der Waals surface area contributed by atoms with Gasteiger partial charge >= 0.3 is 5.97 Å².